The Morgan fingerprint density at radius 1 is 1.13 bits per heavy atom. The number of carbonyl (C=O) groups excluding carboxylic acids is 2. The SMILES string of the molecule is COC(=O)CC1[C@H]2CC(C(=O)OC)C[C@@H]12. The largest absolute Gasteiger partial charge is 0.469 e. The highest BCUT2D eigenvalue weighted by atomic mass is 16.5. The van der Waals surface area contributed by atoms with Crippen molar-refractivity contribution in [2.24, 2.45) is 23.7 Å². The van der Waals surface area contributed by atoms with Crippen LogP contribution in [0.2, 0.25) is 0 Å². The summed E-state index contributed by atoms with van der Waals surface area (Å²) >= 11 is 0. The van der Waals surface area contributed by atoms with Crippen molar-refractivity contribution in [1.29, 1.82) is 0 Å². The van der Waals surface area contributed by atoms with Gasteiger partial charge < -0.3 is 9.47 Å². The molecule has 2 rings (SSSR count). The average Bonchev–Trinajstić information content (AvgIpc) is 2.71. The Balaban J connectivity index is 1.78. The summed E-state index contributed by atoms with van der Waals surface area (Å²) in [6.45, 7) is 0. The van der Waals surface area contributed by atoms with Gasteiger partial charge >= 0.3 is 11.9 Å². The minimum absolute atomic E-state index is 0.0684. The van der Waals surface area contributed by atoms with Gasteiger partial charge in [-0.25, -0.2) is 0 Å². The average molecular weight is 212 g/mol. The van der Waals surface area contributed by atoms with Gasteiger partial charge in [-0.3, -0.25) is 9.59 Å². The van der Waals surface area contributed by atoms with E-state index >= 15 is 0 Å². The number of carbonyl (C=O) groups is 2. The Hall–Kier alpha value is -1.06. The van der Waals surface area contributed by atoms with Crippen molar-refractivity contribution >= 4 is 11.9 Å². The monoisotopic (exact) mass is 212 g/mol. The summed E-state index contributed by atoms with van der Waals surface area (Å²) in [5.74, 6) is 1.39. The zero-order valence-electron chi connectivity index (χ0n) is 9.06. The van der Waals surface area contributed by atoms with Crippen molar-refractivity contribution in [3.8, 4) is 0 Å². The van der Waals surface area contributed by atoms with E-state index in [2.05, 4.69) is 4.74 Å². The molecule has 4 heteroatoms. The van der Waals surface area contributed by atoms with Gasteiger partial charge in [0.05, 0.1) is 20.1 Å². The van der Waals surface area contributed by atoms with Crippen molar-refractivity contribution in [2.45, 2.75) is 19.3 Å². The predicted octanol–water partition coefficient (Wildman–Crippen LogP) is 0.995. The first-order chi connectivity index (χ1) is 7.17. The molecule has 15 heavy (non-hydrogen) atoms. The molecule has 0 amide bonds. The van der Waals surface area contributed by atoms with Crippen LogP contribution in [0.3, 0.4) is 0 Å². The lowest BCUT2D eigenvalue weighted by molar-refractivity contribution is -0.145. The van der Waals surface area contributed by atoms with Gasteiger partial charge in [0, 0.05) is 6.42 Å². The molecule has 0 spiro atoms. The molecule has 2 fully saturated rings. The van der Waals surface area contributed by atoms with Crippen molar-refractivity contribution in [3.63, 3.8) is 0 Å². The first-order valence-electron chi connectivity index (χ1n) is 5.32. The van der Waals surface area contributed by atoms with Crippen LogP contribution in [0.4, 0.5) is 0 Å². The summed E-state index contributed by atoms with van der Waals surface area (Å²) in [7, 11) is 2.84. The van der Waals surface area contributed by atoms with Crippen LogP contribution in [0.25, 0.3) is 0 Å². The highest BCUT2D eigenvalue weighted by molar-refractivity contribution is 5.73. The number of methoxy groups -OCH3 is 2. The first kappa shape index (κ1) is 10.5. The Bertz CT molecular complexity index is 274. The fourth-order valence-electron chi connectivity index (χ4n) is 2.91. The number of rotatable bonds is 3. The molecular formula is C11H16O4. The summed E-state index contributed by atoms with van der Waals surface area (Å²) < 4.78 is 9.34. The number of fused-ring (bicyclic) bond motifs is 1. The summed E-state index contributed by atoms with van der Waals surface area (Å²) in [6.07, 6.45) is 2.29. The molecule has 0 aromatic heterocycles. The van der Waals surface area contributed by atoms with Gasteiger partial charge in [-0.05, 0) is 30.6 Å². The first-order valence-corrected chi connectivity index (χ1v) is 5.32. The fourth-order valence-corrected chi connectivity index (χ4v) is 2.91. The second-order valence-corrected chi connectivity index (χ2v) is 4.46. The van der Waals surface area contributed by atoms with Gasteiger partial charge in [0.1, 0.15) is 0 Å². The second-order valence-electron chi connectivity index (χ2n) is 4.46. The van der Waals surface area contributed by atoms with E-state index in [0.717, 1.165) is 12.8 Å². The molecule has 0 radical (unpaired) electrons. The van der Waals surface area contributed by atoms with Crippen molar-refractivity contribution < 1.29 is 19.1 Å². The van der Waals surface area contributed by atoms with Crippen LogP contribution in [0, 0.1) is 23.7 Å². The lowest BCUT2D eigenvalue weighted by Gasteiger charge is -2.10. The van der Waals surface area contributed by atoms with Crippen LogP contribution in [0.15, 0.2) is 0 Å². The van der Waals surface area contributed by atoms with Gasteiger partial charge in [0.15, 0.2) is 0 Å². The van der Waals surface area contributed by atoms with Gasteiger partial charge in [-0.15, -0.1) is 0 Å². The maximum absolute atomic E-state index is 11.3. The predicted molar refractivity (Wildman–Crippen MR) is 51.8 cm³/mol. The standard InChI is InChI=1S/C11H16O4/c1-14-10(12)5-9-7-3-6(4-8(7)9)11(13)15-2/h6-9H,3-5H2,1-2H3/t6?,7-,8+,9?. The Labute approximate surface area is 88.9 Å². The van der Waals surface area contributed by atoms with Crippen molar-refractivity contribution in [3.05, 3.63) is 0 Å². The van der Waals surface area contributed by atoms with Crippen LogP contribution < -0.4 is 0 Å². The summed E-state index contributed by atoms with van der Waals surface area (Å²) in [6, 6.07) is 0. The molecule has 2 aliphatic rings. The summed E-state index contributed by atoms with van der Waals surface area (Å²) in [5.41, 5.74) is 0. The maximum Gasteiger partial charge on any atom is 0.308 e. The molecule has 0 aliphatic heterocycles. The molecular weight excluding hydrogens is 196 g/mol. The third-order valence-corrected chi connectivity index (χ3v) is 3.79. The van der Waals surface area contributed by atoms with E-state index in [1.165, 1.54) is 14.2 Å². The Morgan fingerprint density at radius 3 is 2.20 bits per heavy atom. The molecule has 2 unspecified atom stereocenters. The van der Waals surface area contributed by atoms with E-state index in [4.69, 9.17) is 4.74 Å². The number of hydrogen-bond donors (Lipinski definition) is 0. The zero-order chi connectivity index (χ0) is 11.0. The minimum atomic E-state index is -0.135. The molecule has 84 valence electrons. The molecule has 2 saturated carbocycles. The van der Waals surface area contributed by atoms with Crippen LogP contribution >= 0.6 is 0 Å². The normalized spacial score (nSPS) is 36.9. The van der Waals surface area contributed by atoms with E-state index in [1.807, 2.05) is 0 Å². The van der Waals surface area contributed by atoms with Crippen molar-refractivity contribution in [1.82, 2.24) is 0 Å². The molecule has 0 aromatic carbocycles. The van der Waals surface area contributed by atoms with E-state index in [9.17, 15) is 9.59 Å². The fraction of sp³-hybridized carbons (Fsp3) is 0.818. The lowest BCUT2D eigenvalue weighted by Crippen LogP contribution is -2.16. The topological polar surface area (TPSA) is 52.6 Å². The summed E-state index contributed by atoms with van der Waals surface area (Å²) in [4.78, 5) is 22.3. The smallest absolute Gasteiger partial charge is 0.308 e. The van der Waals surface area contributed by atoms with Crippen LogP contribution in [-0.2, 0) is 19.1 Å². The second kappa shape index (κ2) is 3.83. The Morgan fingerprint density at radius 2 is 1.73 bits per heavy atom. The van der Waals surface area contributed by atoms with E-state index < -0.39 is 0 Å². The summed E-state index contributed by atoms with van der Waals surface area (Å²) in [5, 5.41) is 0. The van der Waals surface area contributed by atoms with Gasteiger partial charge in [-0.1, -0.05) is 0 Å². The number of hydrogen-bond acceptors (Lipinski definition) is 4. The van der Waals surface area contributed by atoms with Gasteiger partial charge in [0.25, 0.3) is 0 Å². The lowest BCUT2D eigenvalue weighted by atomic mass is 9.99. The van der Waals surface area contributed by atoms with E-state index in [-0.39, 0.29) is 17.9 Å². The Kier molecular flexibility index (Phi) is 2.67. The van der Waals surface area contributed by atoms with Crippen LogP contribution in [0.5, 0.6) is 0 Å². The molecule has 0 N–H and O–H groups in total. The highest BCUT2D eigenvalue weighted by Gasteiger charge is 2.57. The van der Waals surface area contributed by atoms with E-state index in [1.54, 1.807) is 0 Å². The molecule has 4 atom stereocenters. The molecule has 0 heterocycles. The van der Waals surface area contributed by atoms with Gasteiger partial charge in [-0.2, -0.15) is 0 Å². The van der Waals surface area contributed by atoms with Crippen LogP contribution in [-0.4, -0.2) is 26.2 Å². The third-order valence-electron chi connectivity index (χ3n) is 3.79. The molecule has 0 saturated heterocycles. The van der Waals surface area contributed by atoms with Crippen molar-refractivity contribution in [2.75, 3.05) is 14.2 Å². The molecule has 2 aliphatic carbocycles. The van der Waals surface area contributed by atoms with Crippen LogP contribution in [0.1, 0.15) is 19.3 Å². The zero-order valence-corrected chi connectivity index (χ0v) is 9.06. The van der Waals surface area contributed by atoms with Gasteiger partial charge in [0.2, 0.25) is 0 Å². The number of esters is 2. The third kappa shape index (κ3) is 1.85. The number of ether oxygens (including phenoxy) is 2. The molecule has 0 aromatic rings. The quantitative estimate of drug-likeness (QED) is 0.655. The van der Waals surface area contributed by atoms with E-state index in [0.29, 0.717) is 24.2 Å². The minimum Gasteiger partial charge on any atom is -0.469 e. The highest BCUT2D eigenvalue weighted by Crippen LogP contribution is 2.61. The molecule has 0 bridgehead atoms. The molecule has 4 nitrogen and oxygen atoms in total. The maximum atomic E-state index is 11.3.